The molecule has 0 radical (unpaired) electrons. The van der Waals surface area contributed by atoms with E-state index in [0.717, 1.165) is 16.3 Å². The lowest BCUT2D eigenvalue weighted by molar-refractivity contribution is 1.36. The van der Waals surface area contributed by atoms with Crippen LogP contribution in [0.1, 0.15) is 5.56 Å². The molecular formula is C10H7Cl2N. The van der Waals surface area contributed by atoms with E-state index in [9.17, 15) is 0 Å². The van der Waals surface area contributed by atoms with Crippen LogP contribution in [-0.4, -0.2) is 4.98 Å². The molecule has 1 aromatic carbocycles. The van der Waals surface area contributed by atoms with Gasteiger partial charge in [-0.2, -0.15) is 0 Å². The Bertz CT molecular complexity index is 466. The molecule has 0 N–H and O–H groups in total. The average molecular weight is 212 g/mol. The van der Waals surface area contributed by atoms with E-state index in [4.69, 9.17) is 23.2 Å². The van der Waals surface area contributed by atoms with Crippen molar-refractivity contribution < 1.29 is 0 Å². The topological polar surface area (TPSA) is 12.9 Å². The molecule has 0 fully saturated rings. The fourth-order valence-electron chi connectivity index (χ4n) is 1.29. The minimum atomic E-state index is 0.503. The van der Waals surface area contributed by atoms with Crippen LogP contribution in [0, 0.1) is 6.92 Å². The molecule has 0 amide bonds. The second kappa shape index (κ2) is 3.17. The molecule has 0 bridgehead atoms. The molecule has 0 unspecified atom stereocenters. The molecule has 66 valence electrons. The number of halogens is 2. The van der Waals surface area contributed by atoms with Crippen molar-refractivity contribution in [2.45, 2.75) is 6.92 Å². The van der Waals surface area contributed by atoms with Crippen molar-refractivity contribution in [1.29, 1.82) is 0 Å². The third-order valence-electron chi connectivity index (χ3n) is 1.95. The van der Waals surface area contributed by atoms with Crippen LogP contribution in [0.3, 0.4) is 0 Å². The Balaban J connectivity index is 2.92. The molecule has 0 atom stereocenters. The average Bonchev–Trinajstić information content (AvgIpc) is 2.12. The van der Waals surface area contributed by atoms with Gasteiger partial charge in [0.1, 0.15) is 5.15 Å². The van der Waals surface area contributed by atoms with Crippen LogP contribution < -0.4 is 0 Å². The molecule has 0 spiro atoms. The third-order valence-corrected chi connectivity index (χ3v) is 2.55. The molecule has 0 aliphatic carbocycles. The molecule has 3 heteroatoms. The number of pyridine rings is 1. The molecule has 0 aliphatic rings. The van der Waals surface area contributed by atoms with Crippen molar-refractivity contribution in [2.75, 3.05) is 0 Å². The quantitative estimate of drug-likeness (QED) is 0.604. The molecule has 0 aliphatic heterocycles. The maximum absolute atomic E-state index is 5.96. The Morgan fingerprint density at radius 1 is 1.15 bits per heavy atom. The summed E-state index contributed by atoms with van der Waals surface area (Å²) in [6, 6.07) is 5.95. The zero-order valence-electron chi connectivity index (χ0n) is 7.01. The van der Waals surface area contributed by atoms with Crippen LogP contribution in [-0.2, 0) is 0 Å². The Morgan fingerprint density at radius 2 is 1.92 bits per heavy atom. The van der Waals surface area contributed by atoms with Gasteiger partial charge in [0.2, 0.25) is 0 Å². The number of rotatable bonds is 0. The highest BCUT2D eigenvalue weighted by molar-refractivity contribution is 6.39. The van der Waals surface area contributed by atoms with Gasteiger partial charge in [0.05, 0.1) is 5.02 Å². The first-order chi connectivity index (χ1) is 6.18. The number of nitrogens with zero attached hydrogens (tertiary/aromatic N) is 1. The van der Waals surface area contributed by atoms with Crippen molar-refractivity contribution in [1.82, 2.24) is 4.98 Å². The van der Waals surface area contributed by atoms with Crippen LogP contribution in [0.5, 0.6) is 0 Å². The molecule has 1 heterocycles. The largest absolute Gasteiger partial charge is 0.242 e. The minimum Gasteiger partial charge on any atom is -0.242 e. The predicted molar refractivity (Wildman–Crippen MR) is 56.5 cm³/mol. The standard InChI is InChI=1S/C10H7Cl2N/c1-6-2-3-7-8(4-6)10(12)13-5-9(7)11/h2-5H,1H3. The molecule has 1 nitrogen and oxygen atoms in total. The first-order valence-corrected chi connectivity index (χ1v) is 4.64. The molecule has 1 aromatic heterocycles. The lowest BCUT2D eigenvalue weighted by atomic mass is 10.1. The van der Waals surface area contributed by atoms with Gasteiger partial charge in [-0.05, 0) is 13.0 Å². The molecule has 2 rings (SSSR count). The summed E-state index contributed by atoms with van der Waals surface area (Å²) < 4.78 is 0. The van der Waals surface area contributed by atoms with Gasteiger partial charge in [-0.3, -0.25) is 0 Å². The van der Waals surface area contributed by atoms with Gasteiger partial charge in [-0.25, -0.2) is 4.98 Å². The van der Waals surface area contributed by atoms with Crippen molar-refractivity contribution in [3.63, 3.8) is 0 Å². The normalized spacial score (nSPS) is 10.7. The first kappa shape index (κ1) is 8.79. The SMILES string of the molecule is Cc1ccc2c(Cl)cnc(Cl)c2c1. The zero-order chi connectivity index (χ0) is 9.42. The monoisotopic (exact) mass is 211 g/mol. The summed E-state index contributed by atoms with van der Waals surface area (Å²) in [5.41, 5.74) is 1.15. The molecule has 0 saturated heterocycles. The third kappa shape index (κ3) is 1.50. The van der Waals surface area contributed by atoms with Crippen molar-refractivity contribution >= 4 is 34.0 Å². The number of benzene rings is 1. The lowest BCUT2D eigenvalue weighted by Gasteiger charge is -2.02. The molecule has 0 saturated carbocycles. The number of aromatic nitrogens is 1. The van der Waals surface area contributed by atoms with Gasteiger partial charge >= 0.3 is 0 Å². The second-order valence-corrected chi connectivity index (χ2v) is 3.71. The first-order valence-electron chi connectivity index (χ1n) is 3.89. The molecular weight excluding hydrogens is 205 g/mol. The highest BCUT2D eigenvalue weighted by Gasteiger charge is 2.03. The number of fused-ring (bicyclic) bond motifs is 1. The summed E-state index contributed by atoms with van der Waals surface area (Å²) >= 11 is 11.9. The van der Waals surface area contributed by atoms with E-state index in [1.165, 1.54) is 0 Å². The van der Waals surface area contributed by atoms with Crippen LogP contribution in [0.2, 0.25) is 10.2 Å². The zero-order valence-corrected chi connectivity index (χ0v) is 8.52. The summed E-state index contributed by atoms with van der Waals surface area (Å²) in [5.74, 6) is 0. The Kier molecular flexibility index (Phi) is 2.14. The Hall–Kier alpha value is -0.790. The van der Waals surface area contributed by atoms with Gasteiger partial charge in [0.15, 0.2) is 0 Å². The summed E-state index contributed by atoms with van der Waals surface area (Å²) in [4.78, 5) is 3.98. The summed E-state index contributed by atoms with van der Waals surface area (Å²) in [6.45, 7) is 2.01. The van der Waals surface area contributed by atoms with Crippen molar-refractivity contribution in [3.05, 3.63) is 40.1 Å². The van der Waals surface area contributed by atoms with Crippen molar-refractivity contribution in [3.8, 4) is 0 Å². The lowest BCUT2D eigenvalue weighted by Crippen LogP contribution is -1.81. The van der Waals surface area contributed by atoms with Gasteiger partial charge in [0.25, 0.3) is 0 Å². The van der Waals surface area contributed by atoms with E-state index in [0.29, 0.717) is 10.2 Å². The Morgan fingerprint density at radius 3 is 2.69 bits per heavy atom. The highest BCUT2D eigenvalue weighted by atomic mass is 35.5. The maximum atomic E-state index is 5.96. The van der Waals surface area contributed by atoms with E-state index in [-0.39, 0.29) is 0 Å². The molecule has 2 aromatic rings. The smallest absolute Gasteiger partial charge is 0.136 e. The van der Waals surface area contributed by atoms with Crippen molar-refractivity contribution in [2.24, 2.45) is 0 Å². The Labute approximate surface area is 86.3 Å². The van der Waals surface area contributed by atoms with Crippen LogP contribution in [0.25, 0.3) is 10.8 Å². The van der Waals surface area contributed by atoms with E-state index in [2.05, 4.69) is 4.98 Å². The van der Waals surface area contributed by atoms with E-state index < -0.39 is 0 Å². The maximum Gasteiger partial charge on any atom is 0.136 e. The fourth-order valence-corrected chi connectivity index (χ4v) is 1.71. The van der Waals surface area contributed by atoms with Crippen LogP contribution >= 0.6 is 23.2 Å². The van der Waals surface area contributed by atoms with Gasteiger partial charge in [-0.15, -0.1) is 0 Å². The number of hydrogen-bond donors (Lipinski definition) is 0. The van der Waals surface area contributed by atoms with Gasteiger partial charge < -0.3 is 0 Å². The second-order valence-electron chi connectivity index (χ2n) is 2.95. The fraction of sp³-hybridized carbons (Fsp3) is 0.100. The van der Waals surface area contributed by atoms with E-state index in [1.807, 2.05) is 25.1 Å². The van der Waals surface area contributed by atoms with Crippen LogP contribution in [0.15, 0.2) is 24.4 Å². The number of aryl methyl sites for hydroxylation is 1. The summed E-state index contributed by atoms with van der Waals surface area (Å²) in [5, 5.41) is 3.00. The number of hydrogen-bond acceptors (Lipinski definition) is 1. The van der Waals surface area contributed by atoms with Gasteiger partial charge in [-0.1, -0.05) is 40.9 Å². The summed E-state index contributed by atoms with van der Waals surface area (Å²) in [6.07, 6.45) is 1.57. The van der Waals surface area contributed by atoms with E-state index >= 15 is 0 Å². The highest BCUT2D eigenvalue weighted by Crippen LogP contribution is 2.28. The predicted octanol–water partition coefficient (Wildman–Crippen LogP) is 3.85. The van der Waals surface area contributed by atoms with Gasteiger partial charge in [0, 0.05) is 17.0 Å². The minimum absolute atomic E-state index is 0.503. The van der Waals surface area contributed by atoms with Crippen LogP contribution in [0.4, 0.5) is 0 Å². The molecule has 13 heavy (non-hydrogen) atoms. The summed E-state index contributed by atoms with van der Waals surface area (Å²) in [7, 11) is 0. The van der Waals surface area contributed by atoms with E-state index in [1.54, 1.807) is 6.20 Å².